The highest BCUT2D eigenvalue weighted by atomic mass is 35.5. The van der Waals surface area contributed by atoms with Gasteiger partial charge in [-0.2, -0.15) is 0 Å². The lowest BCUT2D eigenvalue weighted by atomic mass is 10.2. The summed E-state index contributed by atoms with van der Waals surface area (Å²) < 4.78 is 55.4. The zero-order valence-corrected chi connectivity index (χ0v) is 21.9. The van der Waals surface area contributed by atoms with Crippen molar-refractivity contribution in [2.24, 2.45) is 0 Å². The van der Waals surface area contributed by atoms with Gasteiger partial charge in [-0.1, -0.05) is 35.9 Å². The standard InChI is InChI=1S/C26H22ClN3O5S2/c1-18-24(27)8-5-9-25(18)30-37(34,35)23-16-14-20(15-17-23)28-26(31)19-10-12-21(13-11-19)29-36(32,33)22-6-3-2-4-7-22/h2-17,29-30H,1H3,(H,28,31). The molecule has 0 radical (unpaired) electrons. The van der Waals surface area contributed by atoms with Crippen LogP contribution in [0.5, 0.6) is 0 Å². The van der Waals surface area contributed by atoms with E-state index in [-0.39, 0.29) is 15.4 Å². The molecule has 0 atom stereocenters. The molecule has 3 N–H and O–H groups in total. The van der Waals surface area contributed by atoms with Gasteiger partial charge in [0.25, 0.3) is 26.0 Å². The van der Waals surface area contributed by atoms with Gasteiger partial charge in [0.15, 0.2) is 0 Å². The van der Waals surface area contributed by atoms with Crippen LogP contribution >= 0.6 is 11.6 Å². The third-order valence-corrected chi connectivity index (χ3v) is 8.58. The predicted molar refractivity (Wildman–Crippen MR) is 145 cm³/mol. The summed E-state index contributed by atoms with van der Waals surface area (Å²) in [7, 11) is -7.61. The third kappa shape index (κ3) is 6.29. The van der Waals surface area contributed by atoms with Crippen molar-refractivity contribution in [2.75, 3.05) is 14.8 Å². The smallest absolute Gasteiger partial charge is 0.261 e. The number of hydrogen-bond acceptors (Lipinski definition) is 5. The number of halogens is 1. The summed E-state index contributed by atoms with van der Waals surface area (Å²) in [5.41, 5.74) is 1.96. The molecule has 0 heterocycles. The zero-order chi connectivity index (χ0) is 26.6. The van der Waals surface area contributed by atoms with Crippen molar-refractivity contribution >= 4 is 54.6 Å². The maximum Gasteiger partial charge on any atom is 0.261 e. The normalized spacial score (nSPS) is 11.5. The molecule has 4 rings (SSSR count). The lowest BCUT2D eigenvalue weighted by Gasteiger charge is -2.12. The first kappa shape index (κ1) is 26.2. The van der Waals surface area contributed by atoms with E-state index in [1.165, 1.54) is 60.7 Å². The highest BCUT2D eigenvalue weighted by Crippen LogP contribution is 2.26. The number of rotatable bonds is 8. The Hall–Kier alpha value is -3.86. The SMILES string of the molecule is Cc1c(Cl)cccc1NS(=O)(=O)c1ccc(NC(=O)c2ccc(NS(=O)(=O)c3ccccc3)cc2)cc1. The number of anilines is 3. The average Bonchev–Trinajstić information content (AvgIpc) is 2.88. The molecular formula is C26H22ClN3O5S2. The molecule has 0 bridgehead atoms. The minimum Gasteiger partial charge on any atom is -0.322 e. The Bertz CT molecular complexity index is 1640. The van der Waals surface area contributed by atoms with E-state index in [4.69, 9.17) is 11.6 Å². The second kappa shape index (κ2) is 10.6. The summed E-state index contributed by atoms with van der Waals surface area (Å²) in [6, 6.07) is 24.5. The van der Waals surface area contributed by atoms with Gasteiger partial charge in [0, 0.05) is 22.0 Å². The van der Waals surface area contributed by atoms with Crippen LogP contribution in [0.15, 0.2) is 107 Å². The zero-order valence-electron chi connectivity index (χ0n) is 19.5. The van der Waals surface area contributed by atoms with Gasteiger partial charge in [0.05, 0.1) is 15.5 Å². The summed E-state index contributed by atoms with van der Waals surface area (Å²) in [5.74, 6) is -0.444. The highest BCUT2D eigenvalue weighted by molar-refractivity contribution is 7.93. The molecule has 0 aliphatic rings. The highest BCUT2D eigenvalue weighted by Gasteiger charge is 2.17. The van der Waals surface area contributed by atoms with Gasteiger partial charge in [0.1, 0.15) is 0 Å². The van der Waals surface area contributed by atoms with E-state index >= 15 is 0 Å². The molecule has 0 saturated heterocycles. The molecule has 37 heavy (non-hydrogen) atoms. The fraction of sp³-hybridized carbons (Fsp3) is 0.0385. The largest absolute Gasteiger partial charge is 0.322 e. The monoisotopic (exact) mass is 555 g/mol. The topological polar surface area (TPSA) is 121 Å². The maximum atomic E-state index is 12.8. The molecule has 0 unspecified atom stereocenters. The van der Waals surface area contributed by atoms with Crippen LogP contribution in [-0.2, 0) is 20.0 Å². The molecule has 0 aliphatic heterocycles. The minimum absolute atomic E-state index is 0.0138. The molecule has 0 aliphatic carbocycles. The van der Waals surface area contributed by atoms with Crippen LogP contribution < -0.4 is 14.8 Å². The Labute approximate surface area is 220 Å². The molecule has 0 fully saturated rings. The minimum atomic E-state index is -3.87. The van der Waals surface area contributed by atoms with Crippen molar-refractivity contribution in [1.29, 1.82) is 0 Å². The van der Waals surface area contributed by atoms with Gasteiger partial charge in [-0.05, 0) is 85.3 Å². The number of carbonyl (C=O) groups excluding carboxylic acids is 1. The first-order chi connectivity index (χ1) is 17.5. The van der Waals surface area contributed by atoms with Crippen LogP contribution in [0.25, 0.3) is 0 Å². The molecule has 4 aromatic carbocycles. The molecule has 4 aromatic rings. The van der Waals surface area contributed by atoms with E-state index in [9.17, 15) is 21.6 Å². The van der Waals surface area contributed by atoms with E-state index in [0.29, 0.717) is 27.6 Å². The van der Waals surface area contributed by atoms with Crippen LogP contribution in [0.1, 0.15) is 15.9 Å². The first-order valence-electron chi connectivity index (χ1n) is 10.9. The van der Waals surface area contributed by atoms with Gasteiger partial charge < -0.3 is 5.32 Å². The Morgan fingerprint density at radius 3 is 1.86 bits per heavy atom. The van der Waals surface area contributed by atoms with Gasteiger partial charge in [0.2, 0.25) is 0 Å². The van der Waals surface area contributed by atoms with Gasteiger partial charge in [-0.15, -0.1) is 0 Å². The number of hydrogen-bond donors (Lipinski definition) is 3. The van der Waals surface area contributed by atoms with E-state index < -0.39 is 26.0 Å². The second-order valence-electron chi connectivity index (χ2n) is 7.99. The summed E-state index contributed by atoms with van der Waals surface area (Å²) in [6.45, 7) is 1.71. The van der Waals surface area contributed by atoms with Crippen LogP contribution in [0.3, 0.4) is 0 Å². The van der Waals surface area contributed by atoms with E-state index in [2.05, 4.69) is 14.8 Å². The molecule has 0 aromatic heterocycles. The number of benzene rings is 4. The molecule has 0 saturated carbocycles. The van der Waals surface area contributed by atoms with Gasteiger partial charge in [-0.3, -0.25) is 14.2 Å². The summed E-state index contributed by atoms with van der Waals surface area (Å²) in [5, 5.41) is 3.13. The van der Waals surface area contributed by atoms with Gasteiger partial charge in [-0.25, -0.2) is 16.8 Å². The fourth-order valence-corrected chi connectivity index (χ4v) is 5.72. The first-order valence-corrected chi connectivity index (χ1v) is 14.3. The fourth-order valence-electron chi connectivity index (χ4n) is 3.35. The van der Waals surface area contributed by atoms with E-state index in [0.717, 1.165) is 0 Å². The second-order valence-corrected chi connectivity index (χ2v) is 11.8. The van der Waals surface area contributed by atoms with Crippen LogP contribution in [-0.4, -0.2) is 22.7 Å². The Kier molecular flexibility index (Phi) is 7.53. The van der Waals surface area contributed by atoms with Crippen molar-refractivity contribution in [3.8, 4) is 0 Å². The molecule has 1 amide bonds. The van der Waals surface area contributed by atoms with Crippen LogP contribution in [0, 0.1) is 6.92 Å². The number of sulfonamides is 2. The van der Waals surface area contributed by atoms with Gasteiger partial charge >= 0.3 is 0 Å². The van der Waals surface area contributed by atoms with Crippen molar-refractivity contribution in [3.05, 3.63) is 113 Å². The lowest BCUT2D eigenvalue weighted by Crippen LogP contribution is -2.15. The summed E-state index contributed by atoms with van der Waals surface area (Å²) >= 11 is 6.07. The molecule has 0 spiro atoms. The van der Waals surface area contributed by atoms with Crippen LogP contribution in [0.2, 0.25) is 5.02 Å². The van der Waals surface area contributed by atoms with Crippen molar-refractivity contribution < 1.29 is 21.6 Å². The third-order valence-electron chi connectivity index (χ3n) is 5.39. The van der Waals surface area contributed by atoms with Crippen molar-refractivity contribution in [2.45, 2.75) is 16.7 Å². The van der Waals surface area contributed by atoms with Crippen molar-refractivity contribution in [3.63, 3.8) is 0 Å². The number of nitrogens with one attached hydrogen (secondary N) is 3. The Morgan fingerprint density at radius 1 is 0.649 bits per heavy atom. The summed E-state index contributed by atoms with van der Waals surface area (Å²) in [4.78, 5) is 12.8. The lowest BCUT2D eigenvalue weighted by molar-refractivity contribution is 0.102. The average molecular weight is 556 g/mol. The van der Waals surface area contributed by atoms with Crippen molar-refractivity contribution in [1.82, 2.24) is 0 Å². The van der Waals surface area contributed by atoms with E-state index in [1.807, 2.05) is 0 Å². The Balaban J connectivity index is 1.41. The van der Waals surface area contributed by atoms with E-state index in [1.54, 1.807) is 43.3 Å². The number of amides is 1. The van der Waals surface area contributed by atoms with Crippen LogP contribution in [0.4, 0.5) is 17.1 Å². The predicted octanol–water partition coefficient (Wildman–Crippen LogP) is 5.50. The Morgan fingerprint density at radius 2 is 1.22 bits per heavy atom. The molecule has 190 valence electrons. The quantitative estimate of drug-likeness (QED) is 0.265. The molecular weight excluding hydrogens is 534 g/mol. The summed E-state index contributed by atoms with van der Waals surface area (Å²) in [6.07, 6.45) is 0. The maximum absolute atomic E-state index is 12.8. The molecule has 8 nitrogen and oxygen atoms in total. The molecule has 11 heteroatoms. The number of carbonyl (C=O) groups is 1.